The minimum Gasteiger partial charge on any atom is -0.493 e. The molecule has 0 heterocycles. The zero-order chi connectivity index (χ0) is 24.1. The summed E-state index contributed by atoms with van der Waals surface area (Å²) in [6.45, 7) is 1.97. The van der Waals surface area contributed by atoms with E-state index in [0.717, 1.165) is 18.4 Å². The monoisotopic (exact) mass is 481 g/mol. The van der Waals surface area contributed by atoms with Crippen molar-refractivity contribution in [2.75, 3.05) is 13.2 Å². The maximum atomic E-state index is 11.2. The molecule has 3 aromatic rings. The standard InChI is InChI=1S/C27H28ClNO5/c1-2-33-25-14-26(22(28)13-18(25)15-29-23(16-30)27(31)32)34-24-12-11-20-19(9-6-10-21(20)24)17-7-4-3-5-8-17/h3-10,13-14,23-24,29-30H,2,11-12,15-16H2,1H3,(H,31,32)/t23-,24-/m0/s1. The summed E-state index contributed by atoms with van der Waals surface area (Å²) in [7, 11) is 0. The molecule has 2 atom stereocenters. The fourth-order valence-electron chi connectivity index (χ4n) is 4.34. The summed E-state index contributed by atoms with van der Waals surface area (Å²) < 4.78 is 12.2. The number of carboxylic acids is 1. The average Bonchev–Trinajstić information content (AvgIpc) is 3.25. The maximum Gasteiger partial charge on any atom is 0.323 e. The van der Waals surface area contributed by atoms with Crippen LogP contribution in [0.5, 0.6) is 11.5 Å². The number of rotatable bonds is 10. The first-order valence-electron chi connectivity index (χ1n) is 11.4. The molecule has 7 heteroatoms. The largest absolute Gasteiger partial charge is 0.493 e. The molecule has 0 amide bonds. The summed E-state index contributed by atoms with van der Waals surface area (Å²) in [5.41, 5.74) is 5.56. The second-order valence-electron chi connectivity index (χ2n) is 8.16. The third-order valence-corrected chi connectivity index (χ3v) is 6.30. The lowest BCUT2D eigenvalue weighted by Gasteiger charge is -2.20. The lowest BCUT2D eigenvalue weighted by atomic mass is 9.97. The predicted octanol–water partition coefficient (Wildman–Crippen LogP) is 5.01. The van der Waals surface area contributed by atoms with Crippen LogP contribution in [-0.4, -0.2) is 35.4 Å². The molecule has 0 saturated carbocycles. The Balaban J connectivity index is 1.57. The molecule has 0 unspecified atom stereocenters. The highest BCUT2D eigenvalue weighted by atomic mass is 35.5. The second kappa shape index (κ2) is 10.9. The SMILES string of the molecule is CCOc1cc(O[C@H]2CCc3c(-c4ccccc4)cccc32)c(Cl)cc1CN[C@@H](CO)C(=O)O. The van der Waals surface area contributed by atoms with E-state index in [0.29, 0.717) is 28.7 Å². The summed E-state index contributed by atoms with van der Waals surface area (Å²) in [5, 5.41) is 21.6. The smallest absolute Gasteiger partial charge is 0.323 e. The van der Waals surface area contributed by atoms with Gasteiger partial charge in [-0.3, -0.25) is 10.1 Å². The van der Waals surface area contributed by atoms with Crippen LogP contribution in [0.4, 0.5) is 0 Å². The van der Waals surface area contributed by atoms with E-state index in [1.54, 1.807) is 12.1 Å². The number of aliphatic carboxylic acids is 1. The Hall–Kier alpha value is -3.06. The van der Waals surface area contributed by atoms with Gasteiger partial charge in [0.1, 0.15) is 23.6 Å². The first kappa shape index (κ1) is 24.1. The van der Waals surface area contributed by atoms with Gasteiger partial charge in [-0.15, -0.1) is 0 Å². The van der Waals surface area contributed by atoms with Crippen LogP contribution in [0.2, 0.25) is 5.02 Å². The zero-order valence-corrected chi connectivity index (χ0v) is 19.7. The molecule has 0 aliphatic heterocycles. The van der Waals surface area contributed by atoms with Crippen LogP contribution in [-0.2, 0) is 17.8 Å². The molecule has 3 N–H and O–H groups in total. The van der Waals surface area contributed by atoms with Crippen LogP contribution < -0.4 is 14.8 Å². The van der Waals surface area contributed by atoms with Crippen molar-refractivity contribution in [3.8, 4) is 22.6 Å². The van der Waals surface area contributed by atoms with Gasteiger partial charge < -0.3 is 19.7 Å². The molecule has 1 aliphatic rings. The molecule has 34 heavy (non-hydrogen) atoms. The van der Waals surface area contributed by atoms with Crippen molar-refractivity contribution in [2.24, 2.45) is 0 Å². The van der Waals surface area contributed by atoms with Crippen LogP contribution in [0.1, 0.15) is 36.1 Å². The highest BCUT2D eigenvalue weighted by molar-refractivity contribution is 6.32. The van der Waals surface area contributed by atoms with Crippen LogP contribution in [0.3, 0.4) is 0 Å². The highest BCUT2D eigenvalue weighted by Gasteiger charge is 2.27. The number of hydrogen-bond acceptors (Lipinski definition) is 5. The topological polar surface area (TPSA) is 88.0 Å². The first-order chi connectivity index (χ1) is 16.5. The van der Waals surface area contributed by atoms with Crippen LogP contribution in [0.15, 0.2) is 60.7 Å². The van der Waals surface area contributed by atoms with E-state index in [1.165, 1.54) is 16.7 Å². The van der Waals surface area contributed by atoms with Gasteiger partial charge >= 0.3 is 5.97 Å². The van der Waals surface area contributed by atoms with Crippen LogP contribution in [0, 0.1) is 0 Å². The number of aliphatic hydroxyl groups is 1. The van der Waals surface area contributed by atoms with Crippen molar-refractivity contribution in [1.82, 2.24) is 5.32 Å². The first-order valence-corrected chi connectivity index (χ1v) is 11.8. The van der Waals surface area contributed by atoms with Crippen molar-refractivity contribution >= 4 is 17.6 Å². The van der Waals surface area contributed by atoms with Crippen molar-refractivity contribution in [3.63, 3.8) is 0 Å². The number of carbonyl (C=O) groups is 1. The van der Waals surface area contributed by atoms with E-state index in [2.05, 4.69) is 35.6 Å². The Bertz CT molecular complexity index is 1150. The predicted molar refractivity (Wildman–Crippen MR) is 132 cm³/mol. The third kappa shape index (κ3) is 5.20. The zero-order valence-electron chi connectivity index (χ0n) is 19.0. The van der Waals surface area contributed by atoms with Gasteiger partial charge in [0.25, 0.3) is 0 Å². The van der Waals surface area contributed by atoms with E-state index in [4.69, 9.17) is 26.2 Å². The minimum atomic E-state index is -1.12. The van der Waals surface area contributed by atoms with E-state index in [1.807, 2.05) is 25.1 Å². The highest BCUT2D eigenvalue weighted by Crippen LogP contribution is 2.42. The summed E-state index contributed by atoms with van der Waals surface area (Å²) >= 11 is 6.57. The molecule has 0 spiro atoms. The fraction of sp³-hybridized carbons (Fsp3) is 0.296. The number of halogens is 1. The molecule has 6 nitrogen and oxygen atoms in total. The quantitative estimate of drug-likeness (QED) is 0.377. The number of carboxylic acid groups (broad SMARTS) is 1. The lowest BCUT2D eigenvalue weighted by Crippen LogP contribution is -2.39. The van der Waals surface area contributed by atoms with Crippen molar-refractivity contribution in [2.45, 2.75) is 38.5 Å². The second-order valence-corrected chi connectivity index (χ2v) is 8.57. The molecule has 4 rings (SSSR count). The number of hydrogen-bond donors (Lipinski definition) is 3. The number of aliphatic hydroxyl groups excluding tert-OH is 1. The van der Waals surface area contributed by atoms with Gasteiger partial charge in [-0.05, 0) is 48.1 Å². The van der Waals surface area contributed by atoms with Gasteiger partial charge in [-0.1, -0.05) is 60.1 Å². The van der Waals surface area contributed by atoms with E-state index < -0.39 is 18.6 Å². The van der Waals surface area contributed by atoms with Gasteiger partial charge in [0.15, 0.2) is 0 Å². The number of nitrogens with one attached hydrogen (secondary N) is 1. The summed E-state index contributed by atoms with van der Waals surface area (Å²) in [6.07, 6.45) is 1.64. The molecule has 178 valence electrons. The fourth-order valence-corrected chi connectivity index (χ4v) is 4.57. The Morgan fingerprint density at radius 3 is 2.65 bits per heavy atom. The van der Waals surface area contributed by atoms with Crippen molar-refractivity contribution in [3.05, 3.63) is 82.4 Å². The number of benzene rings is 3. The Labute approximate surface area is 204 Å². The Morgan fingerprint density at radius 1 is 1.15 bits per heavy atom. The minimum absolute atomic E-state index is 0.125. The Morgan fingerprint density at radius 2 is 1.94 bits per heavy atom. The molecule has 1 aliphatic carbocycles. The molecule has 3 aromatic carbocycles. The van der Waals surface area contributed by atoms with Gasteiger partial charge in [0, 0.05) is 18.2 Å². The van der Waals surface area contributed by atoms with E-state index in [9.17, 15) is 9.90 Å². The molecular weight excluding hydrogens is 454 g/mol. The van der Waals surface area contributed by atoms with Gasteiger partial charge in [0.05, 0.1) is 18.2 Å². The summed E-state index contributed by atoms with van der Waals surface area (Å²) in [5.74, 6) is -0.0391. The van der Waals surface area contributed by atoms with E-state index in [-0.39, 0.29) is 12.6 Å². The van der Waals surface area contributed by atoms with Crippen molar-refractivity contribution < 1.29 is 24.5 Å². The number of fused-ring (bicyclic) bond motifs is 1. The summed E-state index contributed by atoms with van der Waals surface area (Å²) in [6, 6.07) is 19.1. The molecule has 0 saturated heterocycles. The number of ether oxygens (including phenoxy) is 2. The van der Waals surface area contributed by atoms with Gasteiger partial charge in [-0.25, -0.2) is 0 Å². The normalized spacial score (nSPS) is 15.6. The van der Waals surface area contributed by atoms with Crippen LogP contribution >= 0.6 is 11.6 Å². The maximum absolute atomic E-state index is 11.2. The van der Waals surface area contributed by atoms with Gasteiger partial charge in [-0.2, -0.15) is 0 Å². The molecular formula is C27H28ClNO5. The summed E-state index contributed by atoms with van der Waals surface area (Å²) in [4.78, 5) is 11.2. The van der Waals surface area contributed by atoms with Crippen LogP contribution in [0.25, 0.3) is 11.1 Å². The molecule has 0 radical (unpaired) electrons. The van der Waals surface area contributed by atoms with Crippen molar-refractivity contribution in [1.29, 1.82) is 0 Å². The average molecular weight is 482 g/mol. The van der Waals surface area contributed by atoms with Gasteiger partial charge in [0.2, 0.25) is 0 Å². The molecule has 0 fully saturated rings. The lowest BCUT2D eigenvalue weighted by molar-refractivity contribution is -0.140. The Kier molecular flexibility index (Phi) is 7.73. The molecule has 0 aromatic heterocycles. The third-order valence-electron chi connectivity index (χ3n) is 6.00. The van der Waals surface area contributed by atoms with E-state index >= 15 is 0 Å². The molecule has 0 bridgehead atoms.